The summed E-state index contributed by atoms with van der Waals surface area (Å²) in [7, 11) is 0. The first-order valence-corrected chi connectivity index (χ1v) is 9.84. The van der Waals surface area contributed by atoms with Gasteiger partial charge in [-0.25, -0.2) is 0 Å². The molecule has 5 heteroatoms. The molecule has 0 bridgehead atoms. The van der Waals surface area contributed by atoms with Crippen LogP contribution in [0.3, 0.4) is 0 Å². The second-order valence-electron chi connectivity index (χ2n) is 7.45. The van der Waals surface area contributed by atoms with Crippen LogP contribution in [0.2, 0.25) is 5.02 Å². The number of rotatable bonds is 5. The first-order valence-electron chi connectivity index (χ1n) is 9.47. The van der Waals surface area contributed by atoms with Crippen molar-refractivity contribution in [3.05, 3.63) is 52.5 Å². The van der Waals surface area contributed by atoms with Crippen LogP contribution in [0.5, 0.6) is 5.75 Å². The van der Waals surface area contributed by atoms with Gasteiger partial charge in [0.2, 0.25) is 0 Å². The predicted molar refractivity (Wildman–Crippen MR) is 112 cm³/mol. The van der Waals surface area contributed by atoms with E-state index in [0.29, 0.717) is 10.8 Å². The molecule has 0 aromatic heterocycles. The molecule has 1 saturated heterocycles. The van der Waals surface area contributed by atoms with Gasteiger partial charge in [-0.05, 0) is 74.1 Å². The van der Waals surface area contributed by atoms with Crippen molar-refractivity contribution in [1.82, 2.24) is 0 Å². The lowest BCUT2D eigenvalue weighted by Gasteiger charge is -2.32. The molecule has 0 atom stereocenters. The number of hydrogen-bond donors (Lipinski definition) is 1. The number of halogens is 1. The van der Waals surface area contributed by atoms with Gasteiger partial charge < -0.3 is 15.0 Å². The normalized spacial score (nSPS) is 14.9. The van der Waals surface area contributed by atoms with Gasteiger partial charge in [-0.15, -0.1) is 0 Å². The molecule has 27 heavy (non-hydrogen) atoms. The molecule has 0 aliphatic carbocycles. The molecule has 2 aromatic carbocycles. The van der Waals surface area contributed by atoms with Gasteiger partial charge in [0.15, 0.2) is 6.61 Å². The Morgan fingerprint density at radius 2 is 1.85 bits per heavy atom. The summed E-state index contributed by atoms with van der Waals surface area (Å²) in [6.07, 6.45) is 2.47. The lowest BCUT2D eigenvalue weighted by molar-refractivity contribution is -0.118. The van der Waals surface area contributed by atoms with E-state index in [4.69, 9.17) is 16.3 Å². The number of carbonyl (C=O) groups excluding carboxylic acids is 1. The Kier molecular flexibility index (Phi) is 6.27. The van der Waals surface area contributed by atoms with Crippen LogP contribution in [0.25, 0.3) is 0 Å². The number of hydrogen-bond acceptors (Lipinski definition) is 3. The van der Waals surface area contributed by atoms with Crippen molar-refractivity contribution in [2.75, 3.05) is 29.9 Å². The monoisotopic (exact) mass is 386 g/mol. The van der Waals surface area contributed by atoms with E-state index in [0.717, 1.165) is 35.8 Å². The van der Waals surface area contributed by atoms with Crippen LogP contribution in [0, 0.1) is 19.8 Å². The Balaban J connectivity index is 1.54. The lowest BCUT2D eigenvalue weighted by Crippen LogP contribution is -2.32. The molecule has 1 aliphatic heterocycles. The maximum atomic E-state index is 12.2. The van der Waals surface area contributed by atoms with Crippen molar-refractivity contribution in [2.24, 2.45) is 5.92 Å². The number of ether oxygens (including phenoxy) is 1. The number of benzene rings is 2. The Hall–Kier alpha value is -2.20. The molecule has 1 heterocycles. The third-order valence-corrected chi connectivity index (χ3v) is 5.30. The second-order valence-corrected chi connectivity index (χ2v) is 7.85. The van der Waals surface area contributed by atoms with Crippen molar-refractivity contribution in [2.45, 2.75) is 33.6 Å². The quantitative estimate of drug-likeness (QED) is 0.766. The van der Waals surface area contributed by atoms with E-state index < -0.39 is 0 Å². The molecule has 0 radical (unpaired) electrons. The van der Waals surface area contributed by atoms with Gasteiger partial charge in [-0.2, -0.15) is 0 Å². The number of anilines is 2. The molecule has 1 fully saturated rings. The Morgan fingerprint density at radius 3 is 2.48 bits per heavy atom. The van der Waals surface area contributed by atoms with Gasteiger partial charge in [-0.1, -0.05) is 24.6 Å². The van der Waals surface area contributed by atoms with Crippen molar-refractivity contribution >= 4 is 28.9 Å². The fourth-order valence-electron chi connectivity index (χ4n) is 3.44. The zero-order valence-corrected chi connectivity index (χ0v) is 17.0. The minimum absolute atomic E-state index is 0.0740. The van der Waals surface area contributed by atoms with Crippen LogP contribution in [-0.2, 0) is 4.79 Å². The molecular weight excluding hydrogens is 360 g/mol. The summed E-state index contributed by atoms with van der Waals surface area (Å²) >= 11 is 6.22. The molecule has 0 spiro atoms. The van der Waals surface area contributed by atoms with Crippen molar-refractivity contribution in [3.63, 3.8) is 0 Å². The SMILES string of the molecule is Cc1cc(C)c(OCC(=O)Nc2ccc(N3CCC(C)CC3)cc2)c(Cl)c1. The van der Waals surface area contributed by atoms with E-state index in [1.54, 1.807) is 0 Å². The van der Waals surface area contributed by atoms with Crippen LogP contribution in [-0.4, -0.2) is 25.6 Å². The first kappa shape index (κ1) is 19.6. The molecule has 144 valence electrons. The van der Waals surface area contributed by atoms with Gasteiger partial charge in [0, 0.05) is 24.5 Å². The molecule has 1 aliphatic rings. The van der Waals surface area contributed by atoms with Gasteiger partial charge in [0.05, 0.1) is 5.02 Å². The number of amides is 1. The Labute approximate surface area is 166 Å². The van der Waals surface area contributed by atoms with Gasteiger partial charge in [0.1, 0.15) is 5.75 Å². The van der Waals surface area contributed by atoms with Crippen LogP contribution in [0.15, 0.2) is 36.4 Å². The highest BCUT2D eigenvalue weighted by Gasteiger charge is 2.16. The standard InChI is InChI=1S/C22H27ClN2O2/c1-15-8-10-25(11-9-15)19-6-4-18(5-7-19)24-21(26)14-27-22-17(3)12-16(2)13-20(22)23/h4-7,12-13,15H,8-11,14H2,1-3H3,(H,24,26). The van der Waals surface area contributed by atoms with Crippen molar-refractivity contribution in [3.8, 4) is 5.75 Å². The van der Waals surface area contributed by atoms with Gasteiger partial charge in [0.25, 0.3) is 5.91 Å². The zero-order valence-electron chi connectivity index (χ0n) is 16.2. The Morgan fingerprint density at radius 1 is 1.19 bits per heavy atom. The zero-order chi connectivity index (χ0) is 19.4. The first-order chi connectivity index (χ1) is 12.9. The average molecular weight is 387 g/mol. The van der Waals surface area contributed by atoms with Crippen molar-refractivity contribution in [1.29, 1.82) is 0 Å². The van der Waals surface area contributed by atoms with E-state index in [1.807, 2.05) is 38.1 Å². The summed E-state index contributed by atoms with van der Waals surface area (Å²) in [6, 6.07) is 11.8. The van der Waals surface area contributed by atoms with Crippen LogP contribution in [0.1, 0.15) is 30.9 Å². The van der Waals surface area contributed by atoms with Crippen LogP contribution < -0.4 is 15.0 Å². The molecule has 4 nitrogen and oxygen atoms in total. The molecule has 2 aromatic rings. The van der Waals surface area contributed by atoms with E-state index in [-0.39, 0.29) is 12.5 Å². The molecule has 0 saturated carbocycles. The molecule has 1 amide bonds. The fraction of sp³-hybridized carbons (Fsp3) is 0.409. The maximum Gasteiger partial charge on any atom is 0.262 e. The summed E-state index contributed by atoms with van der Waals surface area (Å²) in [5, 5.41) is 3.40. The Bertz CT molecular complexity index is 773. The largest absolute Gasteiger partial charge is 0.482 e. The number of aryl methyl sites for hydroxylation is 2. The minimum Gasteiger partial charge on any atom is -0.482 e. The number of nitrogens with one attached hydrogen (secondary N) is 1. The molecule has 0 unspecified atom stereocenters. The topological polar surface area (TPSA) is 41.6 Å². The lowest BCUT2D eigenvalue weighted by atomic mass is 9.99. The summed E-state index contributed by atoms with van der Waals surface area (Å²) in [4.78, 5) is 14.6. The molecule has 3 rings (SSSR count). The third-order valence-electron chi connectivity index (χ3n) is 5.02. The van der Waals surface area contributed by atoms with E-state index >= 15 is 0 Å². The summed E-state index contributed by atoms with van der Waals surface area (Å²) < 4.78 is 5.63. The third kappa shape index (κ3) is 5.16. The van der Waals surface area contributed by atoms with E-state index in [9.17, 15) is 4.79 Å². The second kappa shape index (κ2) is 8.66. The highest BCUT2D eigenvalue weighted by molar-refractivity contribution is 6.32. The van der Waals surface area contributed by atoms with E-state index in [2.05, 4.69) is 29.3 Å². The van der Waals surface area contributed by atoms with Crippen LogP contribution >= 0.6 is 11.6 Å². The summed E-state index contributed by atoms with van der Waals surface area (Å²) in [5.74, 6) is 1.17. The minimum atomic E-state index is -0.203. The maximum absolute atomic E-state index is 12.2. The molecule has 1 N–H and O–H groups in total. The number of carbonyl (C=O) groups is 1. The summed E-state index contributed by atoms with van der Waals surface area (Å²) in [5.41, 5.74) is 3.97. The van der Waals surface area contributed by atoms with E-state index in [1.165, 1.54) is 18.5 Å². The fourth-order valence-corrected chi connectivity index (χ4v) is 3.82. The summed E-state index contributed by atoms with van der Waals surface area (Å²) in [6.45, 7) is 8.32. The van der Waals surface area contributed by atoms with Crippen LogP contribution in [0.4, 0.5) is 11.4 Å². The average Bonchev–Trinajstić information content (AvgIpc) is 2.62. The van der Waals surface area contributed by atoms with Gasteiger partial charge >= 0.3 is 0 Å². The van der Waals surface area contributed by atoms with Gasteiger partial charge in [-0.3, -0.25) is 4.79 Å². The van der Waals surface area contributed by atoms with Crippen molar-refractivity contribution < 1.29 is 9.53 Å². The highest BCUT2D eigenvalue weighted by Crippen LogP contribution is 2.30. The highest BCUT2D eigenvalue weighted by atomic mass is 35.5. The number of nitrogens with zero attached hydrogens (tertiary/aromatic N) is 1. The molecular formula is C22H27ClN2O2. The predicted octanol–water partition coefficient (Wildman–Crippen LogP) is 5.21. The smallest absolute Gasteiger partial charge is 0.262 e. The number of piperidine rings is 1.